The van der Waals surface area contributed by atoms with Crippen LogP contribution in [0, 0.1) is 0 Å². The van der Waals surface area contributed by atoms with Crippen LogP contribution in [0.5, 0.6) is 0 Å². The number of benzene rings is 1. The lowest BCUT2D eigenvalue weighted by molar-refractivity contribution is -0.151. The molecule has 2 amide bonds. The van der Waals surface area contributed by atoms with Crippen molar-refractivity contribution in [2.75, 3.05) is 20.3 Å². The molecular weight excluding hydrogens is 312 g/mol. The number of methoxy groups -OCH3 is 1. The monoisotopic (exact) mass is 334 g/mol. The van der Waals surface area contributed by atoms with Crippen LogP contribution in [0.4, 0.5) is 4.79 Å². The number of nitrogens with zero attached hydrogens (tertiary/aromatic N) is 1. The van der Waals surface area contributed by atoms with Crippen LogP contribution >= 0.6 is 0 Å². The molecule has 0 aliphatic carbocycles. The molecule has 1 aromatic rings. The second kappa shape index (κ2) is 8.33. The topological polar surface area (TPSA) is 84.9 Å². The van der Waals surface area contributed by atoms with Crippen molar-refractivity contribution in [2.45, 2.75) is 31.8 Å². The SMILES string of the molecule is CCOC(=O)NC(C(=O)N1CCCC1C(=O)OC)c1ccccc1. The van der Waals surface area contributed by atoms with Crippen molar-refractivity contribution in [3.63, 3.8) is 0 Å². The summed E-state index contributed by atoms with van der Waals surface area (Å²) in [6.07, 6.45) is 0.597. The van der Waals surface area contributed by atoms with Crippen molar-refractivity contribution >= 4 is 18.0 Å². The summed E-state index contributed by atoms with van der Waals surface area (Å²) >= 11 is 0. The smallest absolute Gasteiger partial charge is 0.408 e. The third kappa shape index (κ3) is 4.04. The zero-order valence-corrected chi connectivity index (χ0v) is 13.9. The van der Waals surface area contributed by atoms with Crippen LogP contribution in [0.15, 0.2) is 30.3 Å². The number of carbonyl (C=O) groups excluding carboxylic acids is 3. The minimum Gasteiger partial charge on any atom is -0.467 e. The number of likely N-dealkylation sites (tertiary alicyclic amines) is 1. The molecule has 2 unspecified atom stereocenters. The molecule has 1 N–H and O–H groups in total. The van der Waals surface area contributed by atoms with E-state index in [4.69, 9.17) is 9.47 Å². The largest absolute Gasteiger partial charge is 0.467 e. The Labute approximate surface area is 140 Å². The van der Waals surface area contributed by atoms with E-state index in [0.29, 0.717) is 24.9 Å². The Morgan fingerprint density at radius 1 is 1.29 bits per heavy atom. The van der Waals surface area contributed by atoms with Gasteiger partial charge in [0.25, 0.3) is 5.91 Å². The number of hydrogen-bond acceptors (Lipinski definition) is 5. The van der Waals surface area contributed by atoms with Gasteiger partial charge in [-0.1, -0.05) is 30.3 Å². The van der Waals surface area contributed by atoms with Gasteiger partial charge in [0, 0.05) is 6.54 Å². The van der Waals surface area contributed by atoms with Gasteiger partial charge in [-0.05, 0) is 25.3 Å². The fourth-order valence-electron chi connectivity index (χ4n) is 2.80. The molecule has 0 radical (unpaired) electrons. The van der Waals surface area contributed by atoms with Gasteiger partial charge in [-0.3, -0.25) is 4.79 Å². The number of rotatable bonds is 5. The summed E-state index contributed by atoms with van der Waals surface area (Å²) in [5.74, 6) is -0.786. The minimum atomic E-state index is -0.907. The number of ether oxygens (including phenoxy) is 2. The van der Waals surface area contributed by atoms with E-state index in [1.807, 2.05) is 6.07 Å². The Kier molecular flexibility index (Phi) is 6.17. The molecule has 2 atom stereocenters. The van der Waals surface area contributed by atoms with Gasteiger partial charge in [0.15, 0.2) is 0 Å². The maximum Gasteiger partial charge on any atom is 0.408 e. The third-order valence-corrected chi connectivity index (χ3v) is 3.93. The molecule has 130 valence electrons. The van der Waals surface area contributed by atoms with E-state index >= 15 is 0 Å². The average Bonchev–Trinajstić information content (AvgIpc) is 3.09. The highest BCUT2D eigenvalue weighted by molar-refractivity contribution is 5.91. The van der Waals surface area contributed by atoms with Gasteiger partial charge >= 0.3 is 12.1 Å². The second-order valence-corrected chi connectivity index (χ2v) is 5.42. The zero-order valence-electron chi connectivity index (χ0n) is 13.9. The Morgan fingerprint density at radius 2 is 2.00 bits per heavy atom. The van der Waals surface area contributed by atoms with Crippen molar-refractivity contribution in [1.82, 2.24) is 10.2 Å². The molecule has 1 heterocycles. The summed E-state index contributed by atoms with van der Waals surface area (Å²) in [5.41, 5.74) is 0.631. The first-order chi connectivity index (χ1) is 11.6. The number of alkyl carbamates (subject to hydrolysis) is 1. The molecule has 0 aromatic heterocycles. The van der Waals surface area contributed by atoms with Crippen LogP contribution in [-0.2, 0) is 19.1 Å². The fourth-order valence-corrected chi connectivity index (χ4v) is 2.80. The molecule has 2 rings (SSSR count). The summed E-state index contributed by atoms with van der Waals surface area (Å²) in [6, 6.07) is 7.36. The summed E-state index contributed by atoms with van der Waals surface area (Å²) in [7, 11) is 1.30. The molecule has 24 heavy (non-hydrogen) atoms. The molecule has 0 saturated carbocycles. The first-order valence-electron chi connectivity index (χ1n) is 7.95. The van der Waals surface area contributed by atoms with Gasteiger partial charge < -0.3 is 19.7 Å². The van der Waals surface area contributed by atoms with Crippen LogP contribution in [0.2, 0.25) is 0 Å². The maximum absolute atomic E-state index is 13.0. The van der Waals surface area contributed by atoms with E-state index in [1.165, 1.54) is 12.0 Å². The Balaban J connectivity index is 2.24. The van der Waals surface area contributed by atoms with Crippen molar-refractivity contribution < 1.29 is 23.9 Å². The first kappa shape index (κ1) is 17.8. The molecule has 1 aromatic carbocycles. The molecule has 1 fully saturated rings. The molecule has 0 bridgehead atoms. The Bertz CT molecular complexity index is 590. The summed E-state index contributed by atoms with van der Waals surface area (Å²) in [6.45, 7) is 2.34. The number of hydrogen-bond donors (Lipinski definition) is 1. The van der Waals surface area contributed by atoms with Crippen LogP contribution in [0.25, 0.3) is 0 Å². The number of amides is 2. The zero-order chi connectivity index (χ0) is 17.5. The van der Waals surface area contributed by atoms with Crippen molar-refractivity contribution in [2.24, 2.45) is 0 Å². The average molecular weight is 334 g/mol. The lowest BCUT2D eigenvalue weighted by Gasteiger charge is -2.28. The van der Waals surface area contributed by atoms with E-state index in [0.717, 1.165) is 0 Å². The predicted molar refractivity (Wildman–Crippen MR) is 86.1 cm³/mol. The number of nitrogens with one attached hydrogen (secondary N) is 1. The molecule has 1 aliphatic heterocycles. The standard InChI is InChI=1S/C17H22N2O5/c1-3-24-17(22)18-14(12-8-5-4-6-9-12)15(20)19-11-7-10-13(19)16(21)23-2/h4-6,8-9,13-14H,3,7,10-11H2,1-2H3,(H,18,22). The fraction of sp³-hybridized carbons (Fsp3) is 0.471. The number of esters is 1. The third-order valence-electron chi connectivity index (χ3n) is 3.93. The quantitative estimate of drug-likeness (QED) is 0.828. The molecule has 1 aliphatic rings. The van der Waals surface area contributed by atoms with Crippen LogP contribution in [-0.4, -0.2) is 49.2 Å². The maximum atomic E-state index is 13.0. The summed E-state index contributed by atoms with van der Waals surface area (Å²) in [5, 5.41) is 2.58. The Hall–Kier alpha value is -2.57. The van der Waals surface area contributed by atoms with Crippen molar-refractivity contribution in [3.8, 4) is 0 Å². The van der Waals surface area contributed by atoms with Gasteiger partial charge in [0.2, 0.25) is 0 Å². The van der Waals surface area contributed by atoms with Crippen molar-refractivity contribution in [3.05, 3.63) is 35.9 Å². The van der Waals surface area contributed by atoms with E-state index in [2.05, 4.69) is 5.32 Å². The summed E-state index contributed by atoms with van der Waals surface area (Å²) < 4.78 is 9.66. The van der Waals surface area contributed by atoms with E-state index in [1.54, 1.807) is 31.2 Å². The van der Waals surface area contributed by atoms with Crippen molar-refractivity contribution in [1.29, 1.82) is 0 Å². The molecule has 7 heteroatoms. The van der Waals surface area contributed by atoms with Crippen LogP contribution < -0.4 is 5.32 Å². The second-order valence-electron chi connectivity index (χ2n) is 5.42. The molecule has 0 spiro atoms. The minimum absolute atomic E-state index is 0.204. The van der Waals surface area contributed by atoms with Gasteiger partial charge in [0.05, 0.1) is 13.7 Å². The lowest BCUT2D eigenvalue weighted by Crippen LogP contribution is -2.47. The Morgan fingerprint density at radius 3 is 2.62 bits per heavy atom. The highest BCUT2D eigenvalue weighted by Gasteiger charge is 2.38. The van der Waals surface area contributed by atoms with E-state index in [-0.39, 0.29) is 12.5 Å². The van der Waals surface area contributed by atoms with E-state index < -0.39 is 24.1 Å². The van der Waals surface area contributed by atoms with Gasteiger partial charge in [-0.15, -0.1) is 0 Å². The molecule has 1 saturated heterocycles. The van der Waals surface area contributed by atoms with Crippen LogP contribution in [0.1, 0.15) is 31.4 Å². The highest BCUT2D eigenvalue weighted by Crippen LogP contribution is 2.24. The predicted octanol–water partition coefficient (Wildman–Crippen LogP) is 1.64. The number of carbonyl (C=O) groups is 3. The van der Waals surface area contributed by atoms with Gasteiger partial charge in [0.1, 0.15) is 12.1 Å². The summed E-state index contributed by atoms with van der Waals surface area (Å²) in [4.78, 5) is 38.1. The highest BCUT2D eigenvalue weighted by atomic mass is 16.5. The van der Waals surface area contributed by atoms with Gasteiger partial charge in [-0.2, -0.15) is 0 Å². The lowest BCUT2D eigenvalue weighted by atomic mass is 10.1. The van der Waals surface area contributed by atoms with Crippen LogP contribution in [0.3, 0.4) is 0 Å². The molecule has 7 nitrogen and oxygen atoms in total. The molecular formula is C17H22N2O5. The van der Waals surface area contributed by atoms with E-state index in [9.17, 15) is 14.4 Å². The first-order valence-corrected chi connectivity index (χ1v) is 7.95. The normalized spacial score (nSPS) is 17.9. The van der Waals surface area contributed by atoms with Gasteiger partial charge in [-0.25, -0.2) is 9.59 Å².